The van der Waals surface area contributed by atoms with E-state index in [2.05, 4.69) is 0 Å². The molecule has 1 aromatic rings. The maximum Gasteiger partial charge on any atom is 2.00 e. The maximum atomic E-state index is 11.4. The fourth-order valence-electron chi connectivity index (χ4n) is 1.38. The van der Waals surface area contributed by atoms with Gasteiger partial charge >= 0.3 is 21.1 Å². The molecule has 17 heavy (non-hydrogen) atoms. The van der Waals surface area contributed by atoms with Crippen molar-refractivity contribution < 1.29 is 40.9 Å². The second-order valence-corrected chi connectivity index (χ2v) is 3.06. The van der Waals surface area contributed by atoms with E-state index in [0.29, 0.717) is 0 Å². The molecule has 92 valence electrons. The molecule has 0 aromatic heterocycles. The Balaban J connectivity index is 0. The van der Waals surface area contributed by atoms with E-state index in [1.807, 2.05) is 0 Å². The minimum Gasteiger partial charge on any atom is -0.504 e. The van der Waals surface area contributed by atoms with Gasteiger partial charge in [-0.05, 0) is 12.1 Å². The van der Waals surface area contributed by atoms with Crippen LogP contribution < -0.4 is 0 Å². The molecule has 0 atom stereocenters. The van der Waals surface area contributed by atoms with Crippen LogP contribution in [-0.2, 0) is 21.1 Å². The molecule has 1 heterocycles. The van der Waals surface area contributed by atoms with E-state index < -0.39 is 23.3 Å². The Kier molecular flexibility index (Phi) is 6.17. The Hall–Kier alpha value is -1.35. The summed E-state index contributed by atoms with van der Waals surface area (Å²) in [5.74, 6) is -1.75. The fraction of sp³-hybridized carbons (Fsp3) is 0.0909. The van der Waals surface area contributed by atoms with Crippen LogP contribution in [-0.4, -0.2) is 34.0 Å². The van der Waals surface area contributed by atoms with Gasteiger partial charge in [-0.2, -0.15) is 0 Å². The molecular weight excluding hydrogens is 394 g/mol. The zero-order valence-electron chi connectivity index (χ0n) is 9.72. The van der Waals surface area contributed by atoms with Crippen molar-refractivity contribution in [3.63, 3.8) is 0 Å². The van der Waals surface area contributed by atoms with Gasteiger partial charge in [0.05, 0.1) is 11.1 Å². The summed E-state index contributed by atoms with van der Waals surface area (Å²) in [6.45, 7) is 0. The minimum atomic E-state index is -0.472. The normalized spacial score (nSPS) is 12.2. The molecule has 1 aliphatic heterocycles. The maximum absolute atomic E-state index is 11.4. The van der Waals surface area contributed by atoms with Crippen LogP contribution in [0, 0.1) is 14.9 Å². The van der Waals surface area contributed by atoms with Crippen molar-refractivity contribution in [2.75, 3.05) is 7.05 Å². The number of aromatic hydroxyl groups is 2. The number of carbonyl (C=O) groups excluding carboxylic acids is 2. The summed E-state index contributed by atoms with van der Waals surface area (Å²) in [6.07, 6.45) is 0. The molecule has 0 unspecified atom stereocenters. The van der Waals surface area contributed by atoms with E-state index in [-0.39, 0.29) is 47.0 Å². The Labute approximate surface area is 114 Å². The number of amides is 2. The third-order valence-corrected chi connectivity index (χ3v) is 2.18. The van der Waals surface area contributed by atoms with Crippen LogP contribution in [0.25, 0.3) is 0 Å². The van der Waals surface area contributed by atoms with Crippen molar-refractivity contribution in [1.29, 1.82) is 0 Å². The molecule has 0 aliphatic carbocycles. The smallest absolute Gasteiger partial charge is 0.504 e. The first kappa shape index (κ1) is 18.0. The van der Waals surface area contributed by atoms with Gasteiger partial charge < -0.3 is 25.1 Å². The van der Waals surface area contributed by atoms with Crippen molar-refractivity contribution in [3.05, 3.63) is 38.1 Å². The largest absolute Gasteiger partial charge is 2.00 e. The van der Waals surface area contributed by atoms with Gasteiger partial charge in [0.1, 0.15) is 0 Å². The summed E-state index contributed by atoms with van der Waals surface area (Å²) in [5, 5.41) is 18.3. The number of imide groups is 1. The van der Waals surface area contributed by atoms with Gasteiger partial charge in [-0.15, -0.1) is 0 Å². The van der Waals surface area contributed by atoms with Crippen LogP contribution in [0.1, 0.15) is 20.7 Å². The van der Waals surface area contributed by atoms with Gasteiger partial charge in [0, 0.05) is 7.05 Å². The molecule has 6 heteroatoms. The monoisotopic (exact) mass is 407 g/mol. The third-order valence-electron chi connectivity index (χ3n) is 2.18. The summed E-state index contributed by atoms with van der Waals surface area (Å²) < 4.78 is 0. The molecule has 5 nitrogen and oxygen atoms in total. The van der Waals surface area contributed by atoms with Gasteiger partial charge in [-0.3, -0.25) is 14.5 Å². The molecular formula is C11H13NO4W. The number of phenols is 2. The van der Waals surface area contributed by atoms with E-state index in [1.165, 1.54) is 7.05 Å². The quantitative estimate of drug-likeness (QED) is 0.386. The van der Waals surface area contributed by atoms with Crippen LogP contribution in [0.3, 0.4) is 0 Å². The first-order valence-corrected chi connectivity index (χ1v) is 3.90. The van der Waals surface area contributed by atoms with Crippen LogP contribution >= 0.6 is 0 Å². The van der Waals surface area contributed by atoms with Gasteiger partial charge in [0.25, 0.3) is 11.8 Å². The SMILES string of the molecule is CN1C(=O)c2cc(O)c(O)cc2C1=O.[CH3-].[CH3-].[W+2]. The van der Waals surface area contributed by atoms with E-state index >= 15 is 0 Å². The van der Waals surface area contributed by atoms with Gasteiger partial charge in [-0.25, -0.2) is 0 Å². The van der Waals surface area contributed by atoms with Crippen LogP contribution in [0.2, 0.25) is 0 Å². The molecule has 0 radical (unpaired) electrons. The molecule has 0 bridgehead atoms. The summed E-state index contributed by atoms with van der Waals surface area (Å²) in [4.78, 5) is 23.7. The Morgan fingerprint density at radius 1 is 0.941 bits per heavy atom. The number of hydrogen-bond donors (Lipinski definition) is 2. The molecule has 1 aromatic carbocycles. The van der Waals surface area contributed by atoms with Crippen molar-refractivity contribution >= 4 is 11.8 Å². The molecule has 0 spiro atoms. The Bertz CT molecular complexity index is 418. The van der Waals surface area contributed by atoms with Crippen molar-refractivity contribution in [2.24, 2.45) is 0 Å². The zero-order chi connectivity index (χ0) is 10.5. The van der Waals surface area contributed by atoms with Crippen LogP contribution in [0.5, 0.6) is 11.5 Å². The minimum absolute atomic E-state index is 0. The summed E-state index contributed by atoms with van der Waals surface area (Å²) in [7, 11) is 1.35. The summed E-state index contributed by atoms with van der Waals surface area (Å²) in [6, 6.07) is 2.18. The molecule has 0 saturated heterocycles. The first-order chi connectivity index (χ1) is 6.52. The zero-order valence-corrected chi connectivity index (χ0v) is 12.7. The molecule has 2 N–H and O–H groups in total. The number of nitrogens with zero attached hydrogens (tertiary/aromatic N) is 1. The predicted molar refractivity (Wildman–Crippen MR) is 59.0 cm³/mol. The first-order valence-electron chi connectivity index (χ1n) is 3.90. The molecule has 1 aliphatic rings. The second kappa shape index (κ2) is 5.82. The molecule has 2 rings (SSSR count). The van der Waals surface area contributed by atoms with Gasteiger partial charge in [0.15, 0.2) is 11.5 Å². The van der Waals surface area contributed by atoms with Crippen molar-refractivity contribution in [2.45, 2.75) is 0 Å². The van der Waals surface area contributed by atoms with Gasteiger partial charge in [-0.1, -0.05) is 0 Å². The number of rotatable bonds is 0. The molecule has 2 amide bonds. The van der Waals surface area contributed by atoms with Crippen molar-refractivity contribution in [3.8, 4) is 11.5 Å². The number of fused-ring (bicyclic) bond motifs is 1. The van der Waals surface area contributed by atoms with E-state index in [1.54, 1.807) is 0 Å². The Morgan fingerprint density at radius 3 is 1.53 bits per heavy atom. The van der Waals surface area contributed by atoms with E-state index in [9.17, 15) is 9.59 Å². The molecule has 0 saturated carbocycles. The van der Waals surface area contributed by atoms with Crippen molar-refractivity contribution in [1.82, 2.24) is 4.90 Å². The average Bonchev–Trinajstić information content (AvgIpc) is 2.34. The van der Waals surface area contributed by atoms with E-state index in [0.717, 1.165) is 17.0 Å². The third kappa shape index (κ3) is 2.49. The number of phenolic OH excluding ortho intramolecular Hbond substituents is 2. The fourth-order valence-corrected chi connectivity index (χ4v) is 1.38. The topological polar surface area (TPSA) is 77.8 Å². The molecule has 0 fully saturated rings. The second-order valence-electron chi connectivity index (χ2n) is 3.06. The number of hydrogen-bond acceptors (Lipinski definition) is 4. The van der Waals surface area contributed by atoms with Crippen LogP contribution in [0.4, 0.5) is 0 Å². The van der Waals surface area contributed by atoms with E-state index in [4.69, 9.17) is 10.2 Å². The summed E-state index contributed by atoms with van der Waals surface area (Å²) >= 11 is 0. The number of carbonyl (C=O) groups is 2. The average molecular weight is 407 g/mol. The van der Waals surface area contributed by atoms with Gasteiger partial charge in [0.2, 0.25) is 0 Å². The standard InChI is InChI=1S/C9H7NO4.2CH3.W/c1-10-8(13)4-2-6(11)7(12)3-5(4)9(10)14;;;/h2-3,11-12H,1H3;2*1H3;/q;2*-1;+2. The predicted octanol–water partition coefficient (Wildman–Crippen LogP) is 1.22. The number of benzene rings is 1. The Morgan fingerprint density at radius 2 is 1.24 bits per heavy atom. The van der Waals surface area contributed by atoms with Crippen LogP contribution in [0.15, 0.2) is 12.1 Å². The summed E-state index contributed by atoms with van der Waals surface area (Å²) in [5.41, 5.74) is 0.237.